The van der Waals surface area contributed by atoms with Gasteiger partial charge in [0, 0.05) is 11.0 Å². The Balaban J connectivity index is 2.48. The van der Waals surface area contributed by atoms with Crippen LogP contribution in [-0.2, 0) is 16.6 Å². The van der Waals surface area contributed by atoms with Crippen molar-refractivity contribution in [3.8, 4) is 0 Å². The van der Waals surface area contributed by atoms with Crippen molar-refractivity contribution in [1.82, 2.24) is 0 Å². The van der Waals surface area contributed by atoms with E-state index in [1.54, 1.807) is 25.1 Å². The molecule has 0 aliphatic carbocycles. The van der Waals surface area contributed by atoms with Crippen molar-refractivity contribution in [2.24, 2.45) is 5.73 Å². The Labute approximate surface area is 131 Å². The standard InChI is InChI=1S/C14H14BrFN2O2S/c1-9-12(15)3-2-4-13(9)18-21(19,20)14-7-11(16)6-5-10(14)8-17/h2-7,18H,8,17H2,1H3. The Kier molecular flexibility index (Phi) is 4.65. The van der Waals surface area contributed by atoms with E-state index in [4.69, 9.17) is 5.73 Å². The van der Waals surface area contributed by atoms with Gasteiger partial charge in [0.15, 0.2) is 0 Å². The Morgan fingerprint density at radius 3 is 2.67 bits per heavy atom. The summed E-state index contributed by atoms with van der Waals surface area (Å²) in [7, 11) is -3.91. The van der Waals surface area contributed by atoms with Gasteiger partial charge >= 0.3 is 0 Å². The molecule has 0 aliphatic rings. The number of rotatable bonds is 4. The van der Waals surface area contributed by atoms with Crippen LogP contribution in [0.4, 0.5) is 10.1 Å². The highest BCUT2D eigenvalue weighted by atomic mass is 79.9. The fourth-order valence-electron chi connectivity index (χ4n) is 1.86. The molecule has 0 radical (unpaired) electrons. The fraction of sp³-hybridized carbons (Fsp3) is 0.143. The number of hydrogen-bond donors (Lipinski definition) is 2. The van der Waals surface area contributed by atoms with E-state index < -0.39 is 15.8 Å². The van der Waals surface area contributed by atoms with Crippen LogP contribution in [-0.4, -0.2) is 8.42 Å². The van der Waals surface area contributed by atoms with Gasteiger partial charge in [-0.2, -0.15) is 0 Å². The number of anilines is 1. The number of sulfonamides is 1. The van der Waals surface area contributed by atoms with Crippen LogP contribution < -0.4 is 10.5 Å². The second-order valence-electron chi connectivity index (χ2n) is 4.47. The molecule has 7 heteroatoms. The maximum atomic E-state index is 13.4. The van der Waals surface area contributed by atoms with Gasteiger partial charge < -0.3 is 5.73 Å². The van der Waals surface area contributed by atoms with Gasteiger partial charge in [-0.05, 0) is 42.3 Å². The lowest BCUT2D eigenvalue weighted by molar-refractivity contribution is 0.593. The van der Waals surface area contributed by atoms with Gasteiger partial charge in [-0.3, -0.25) is 4.72 Å². The smallest absolute Gasteiger partial charge is 0.262 e. The predicted octanol–water partition coefficient (Wildman–Crippen LogP) is 3.16. The number of halogens is 2. The molecule has 2 rings (SSSR count). The van der Waals surface area contributed by atoms with Crippen LogP contribution in [0.3, 0.4) is 0 Å². The van der Waals surface area contributed by atoms with E-state index in [0.717, 1.165) is 16.1 Å². The van der Waals surface area contributed by atoms with Crippen LogP contribution in [0.15, 0.2) is 45.8 Å². The van der Waals surface area contributed by atoms with E-state index in [1.165, 1.54) is 12.1 Å². The minimum Gasteiger partial charge on any atom is -0.326 e. The Hall–Kier alpha value is -1.44. The zero-order valence-corrected chi connectivity index (χ0v) is 13.6. The summed E-state index contributed by atoms with van der Waals surface area (Å²) in [5, 5.41) is 0. The van der Waals surface area contributed by atoms with Gasteiger partial charge in [-0.25, -0.2) is 12.8 Å². The van der Waals surface area contributed by atoms with E-state index in [9.17, 15) is 12.8 Å². The molecule has 21 heavy (non-hydrogen) atoms. The van der Waals surface area contributed by atoms with E-state index in [-0.39, 0.29) is 11.4 Å². The lowest BCUT2D eigenvalue weighted by Gasteiger charge is -2.14. The first-order valence-corrected chi connectivity index (χ1v) is 8.39. The molecule has 0 saturated heterocycles. The molecule has 2 aromatic rings. The first-order valence-electron chi connectivity index (χ1n) is 6.11. The largest absolute Gasteiger partial charge is 0.326 e. The molecule has 0 unspecified atom stereocenters. The molecular weight excluding hydrogens is 359 g/mol. The SMILES string of the molecule is Cc1c(Br)cccc1NS(=O)(=O)c1cc(F)ccc1CN. The molecule has 0 heterocycles. The monoisotopic (exact) mass is 372 g/mol. The molecule has 0 bridgehead atoms. The van der Waals surface area contributed by atoms with Crippen molar-refractivity contribution in [3.63, 3.8) is 0 Å². The summed E-state index contributed by atoms with van der Waals surface area (Å²) >= 11 is 3.33. The molecule has 2 aromatic carbocycles. The van der Waals surface area contributed by atoms with E-state index >= 15 is 0 Å². The average molecular weight is 373 g/mol. The van der Waals surface area contributed by atoms with Crippen molar-refractivity contribution in [3.05, 3.63) is 57.8 Å². The summed E-state index contributed by atoms with van der Waals surface area (Å²) in [5.41, 5.74) is 7.05. The van der Waals surface area contributed by atoms with Crippen LogP contribution in [0, 0.1) is 12.7 Å². The summed E-state index contributed by atoms with van der Waals surface area (Å²) in [6, 6.07) is 8.69. The van der Waals surface area contributed by atoms with Crippen LogP contribution in [0.2, 0.25) is 0 Å². The van der Waals surface area contributed by atoms with Crippen molar-refractivity contribution < 1.29 is 12.8 Å². The third kappa shape index (κ3) is 3.42. The number of benzene rings is 2. The predicted molar refractivity (Wildman–Crippen MR) is 84.0 cm³/mol. The van der Waals surface area contributed by atoms with Crippen molar-refractivity contribution in [2.45, 2.75) is 18.4 Å². The average Bonchev–Trinajstić information content (AvgIpc) is 2.44. The lowest BCUT2D eigenvalue weighted by Crippen LogP contribution is -2.17. The highest BCUT2D eigenvalue weighted by Gasteiger charge is 2.20. The minimum atomic E-state index is -3.91. The second-order valence-corrected chi connectivity index (χ2v) is 6.98. The second kappa shape index (κ2) is 6.13. The molecule has 4 nitrogen and oxygen atoms in total. The Morgan fingerprint density at radius 2 is 2.00 bits per heavy atom. The molecule has 0 aromatic heterocycles. The first-order chi connectivity index (χ1) is 9.85. The summed E-state index contributed by atoms with van der Waals surface area (Å²) in [4.78, 5) is -0.149. The van der Waals surface area contributed by atoms with Crippen molar-refractivity contribution in [1.29, 1.82) is 0 Å². The molecule has 0 amide bonds. The van der Waals surface area contributed by atoms with Crippen LogP contribution in [0.25, 0.3) is 0 Å². The summed E-state index contributed by atoms with van der Waals surface area (Å²) in [6.07, 6.45) is 0. The summed E-state index contributed by atoms with van der Waals surface area (Å²) < 4.78 is 41.5. The Bertz CT molecular complexity index is 779. The zero-order valence-electron chi connectivity index (χ0n) is 11.2. The first kappa shape index (κ1) is 15.9. The van der Waals surface area contributed by atoms with Crippen molar-refractivity contribution in [2.75, 3.05) is 4.72 Å². The quantitative estimate of drug-likeness (QED) is 0.865. The third-order valence-electron chi connectivity index (χ3n) is 3.05. The highest BCUT2D eigenvalue weighted by Crippen LogP contribution is 2.27. The fourth-order valence-corrected chi connectivity index (χ4v) is 3.62. The summed E-state index contributed by atoms with van der Waals surface area (Å²) in [5.74, 6) is -0.626. The normalized spacial score (nSPS) is 11.4. The number of nitrogens with one attached hydrogen (secondary N) is 1. The molecule has 0 saturated carbocycles. The summed E-state index contributed by atoms with van der Waals surface area (Å²) in [6.45, 7) is 1.78. The van der Waals surface area contributed by atoms with Gasteiger partial charge in [0.2, 0.25) is 0 Å². The molecular formula is C14H14BrFN2O2S. The minimum absolute atomic E-state index is 0.00793. The Morgan fingerprint density at radius 1 is 1.29 bits per heavy atom. The molecule has 0 aliphatic heterocycles. The lowest BCUT2D eigenvalue weighted by atomic mass is 10.2. The zero-order chi connectivity index (χ0) is 15.6. The van der Waals surface area contributed by atoms with Crippen molar-refractivity contribution >= 4 is 31.6 Å². The highest BCUT2D eigenvalue weighted by molar-refractivity contribution is 9.10. The number of hydrogen-bond acceptors (Lipinski definition) is 3. The molecule has 3 N–H and O–H groups in total. The van der Waals surface area contributed by atoms with E-state index in [0.29, 0.717) is 11.3 Å². The molecule has 0 atom stereocenters. The van der Waals surface area contributed by atoms with Gasteiger partial charge in [0.1, 0.15) is 5.82 Å². The van der Waals surface area contributed by atoms with Crippen LogP contribution in [0.1, 0.15) is 11.1 Å². The number of nitrogens with two attached hydrogens (primary N) is 1. The maximum Gasteiger partial charge on any atom is 0.262 e. The molecule has 112 valence electrons. The topological polar surface area (TPSA) is 72.2 Å². The van der Waals surface area contributed by atoms with E-state index in [1.807, 2.05) is 0 Å². The van der Waals surface area contributed by atoms with Gasteiger partial charge in [-0.15, -0.1) is 0 Å². The van der Waals surface area contributed by atoms with E-state index in [2.05, 4.69) is 20.7 Å². The van der Waals surface area contributed by atoms with Crippen LogP contribution >= 0.6 is 15.9 Å². The maximum absolute atomic E-state index is 13.4. The van der Waals surface area contributed by atoms with Gasteiger partial charge in [0.25, 0.3) is 10.0 Å². The van der Waals surface area contributed by atoms with Gasteiger partial charge in [0.05, 0.1) is 10.6 Å². The third-order valence-corrected chi connectivity index (χ3v) is 5.36. The molecule has 0 spiro atoms. The van der Waals surface area contributed by atoms with Gasteiger partial charge in [-0.1, -0.05) is 28.1 Å². The molecule has 0 fully saturated rings. The van der Waals surface area contributed by atoms with Crippen LogP contribution in [0.5, 0.6) is 0 Å².